The van der Waals surface area contributed by atoms with Crippen LogP contribution in [0, 0.1) is 0 Å². The van der Waals surface area contributed by atoms with Gasteiger partial charge in [-0.15, -0.1) is 11.3 Å². The average Bonchev–Trinajstić information content (AvgIpc) is 3.01. The molecule has 2 N–H and O–H groups in total. The molecule has 4 nitrogen and oxygen atoms in total. The minimum absolute atomic E-state index is 0.0782. The summed E-state index contributed by atoms with van der Waals surface area (Å²) in [4.78, 5) is 13.2. The molecule has 1 aromatic heterocycles. The predicted molar refractivity (Wildman–Crippen MR) is 87.0 cm³/mol. The third-order valence-corrected chi connectivity index (χ3v) is 4.05. The van der Waals surface area contributed by atoms with Crippen molar-refractivity contribution in [3.05, 3.63) is 46.7 Å². The van der Waals surface area contributed by atoms with Crippen LogP contribution in [0.4, 0.5) is 5.69 Å². The van der Waals surface area contributed by atoms with E-state index in [9.17, 15) is 4.79 Å². The summed E-state index contributed by atoms with van der Waals surface area (Å²) >= 11 is 1.68. The molecule has 21 heavy (non-hydrogen) atoms. The van der Waals surface area contributed by atoms with Crippen molar-refractivity contribution in [2.24, 2.45) is 0 Å². The minimum Gasteiger partial charge on any atom is -0.492 e. The second-order valence-corrected chi connectivity index (χ2v) is 5.57. The van der Waals surface area contributed by atoms with Gasteiger partial charge in [0.1, 0.15) is 5.75 Å². The van der Waals surface area contributed by atoms with E-state index in [-0.39, 0.29) is 18.5 Å². The zero-order valence-electron chi connectivity index (χ0n) is 12.3. The highest BCUT2D eigenvalue weighted by Crippen LogP contribution is 2.23. The number of anilines is 1. The van der Waals surface area contributed by atoms with Gasteiger partial charge in [0.05, 0.1) is 18.8 Å². The van der Waals surface area contributed by atoms with Crippen molar-refractivity contribution in [3.63, 3.8) is 0 Å². The number of rotatable bonds is 7. The van der Waals surface area contributed by atoms with Gasteiger partial charge >= 0.3 is 0 Å². The Kier molecular flexibility index (Phi) is 5.78. The fourth-order valence-corrected chi connectivity index (χ4v) is 2.69. The van der Waals surface area contributed by atoms with E-state index in [1.54, 1.807) is 11.3 Å². The molecule has 0 aliphatic rings. The topological polar surface area (TPSA) is 50.4 Å². The van der Waals surface area contributed by atoms with Crippen LogP contribution in [0.15, 0.2) is 41.8 Å². The zero-order valence-corrected chi connectivity index (χ0v) is 13.1. The highest BCUT2D eigenvalue weighted by molar-refractivity contribution is 7.10. The Labute approximate surface area is 129 Å². The van der Waals surface area contributed by atoms with Crippen LogP contribution in [-0.2, 0) is 4.79 Å². The van der Waals surface area contributed by atoms with Gasteiger partial charge in [0.25, 0.3) is 0 Å². The summed E-state index contributed by atoms with van der Waals surface area (Å²) < 4.78 is 5.49. The molecule has 1 heterocycles. The van der Waals surface area contributed by atoms with Crippen molar-refractivity contribution >= 4 is 22.9 Å². The van der Waals surface area contributed by atoms with Gasteiger partial charge in [-0.2, -0.15) is 0 Å². The van der Waals surface area contributed by atoms with Gasteiger partial charge in [-0.1, -0.05) is 18.2 Å². The third-order valence-electron chi connectivity index (χ3n) is 3.00. The number of carbonyl (C=O) groups is 1. The lowest BCUT2D eigenvalue weighted by molar-refractivity contribution is -0.115. The molecule has 5 heteroatoms. The lowest BCUT2D eigenvalue weighted by Crippen LogP contribution is -2.29. The largest absolute Gasteiger partial charge is 0.492 e. The van der Waals surface area contributed by atoms with Crippen LogP contribution < -0.4 is 15.4 Å². The molecule has 1 atom stereocenters. The number of hydrogen-bond donors (Lipinski definition) is 2. The Hall–Kier alpha value is -1.85. The van der Waals surface area contributed by atoms with E-state index in [4.69, 9.17) is 4.74 Å². The van der Waals surface area contributed by atoms with Crippen LogP contribution >= 0.6 is 11.3 Å². The molecule has 0 radical (unpaired) electrons. The Morgan fingerprint density at radius 3 is 2.81 bits per heavy atom. The molecule has 0 saturated heterocycles. The van der Waals surface area contributed by atoms with Crippen LogP contribution in [0.2, 0.25) is 0 Å². The van der Waals surface area contributed by atoms with Gasteiger partial charge in [0.2, 0.25) is 5.91 Å². The molecular weight excluding hydrogens is 284 g/mol. The first-order valence-corrected chi connectivity index (χ1v) is 7.87. The molecular formula is C16H20N2O2S. The maximum atomic E-state index is 12.0. The second kappa shape index (κ2) is 7.81. The fraction of sp³-hybridized carbons (Fsp3) is 0.312. The maximum Gasteiger partial charge on any atom is 0.238 e. The van der Waals surface area contributed by atoms with E-state index in [0.717, 1.165) is 0 Å². The fourth-order valence-electron chi connectivity index (χ4n) is 1.93. The number of hydrogen-bond acceptors (Lipinski definition) is 4. The van der Waals surface area contributed by atoms with Crippen molar-refractivity contribution in [1.29, 1.82) is 0 Å². The minimum atomic E-state index is -0.0782. The smallest absolute Gasteiger partial charge is 0.238 e. The summed E-state index contributed by atoms with van der Waals surface area (Å²) in [7, 11) is 0. The van der Waals surface area contributed by atoms with Gasteiger partial charge < -0.3 is 15.4 Å². The van der Waals surface area contributed by atoms with E-state index < -0.39 is 0 Å². The molecule has 2 aromatic rings. The van der Waals surface area contributed by atoms with Crippen molar-refractivity contribution in [2.75, 3.05) is 18.5 Å². The lowest BCUT2D eigenvalue weighted by Gasteiger charge is -2.14. The number of amides is 1. The number of nitrogens with one attached hydrogen (secondary N) is 2. The summed E-state index contributed by atoms with van der Waals surface area (Å²) in [5.74, 6) is 0.616. The van der Waals surface area contributed by atoms with Gasteiger partial charge in [-0.3, -0.25) is 4.79 Å². The van der Waals surface area contributed by atoms with Gasteiger partial charge in [-0.05, 0) is 37.4 Å². The van der Waals surface area contributed by atoms with Crippen LogP contribution in [0.3, 0.4) is 0 Å². The van der Waals surface area contributed by atoms with E-state index in [0.29, 0.717) is 18.0 Å². The first-order valence-electron chi connectivity index (χ1n) is 6.99. The Bertz CT molecular complexity index is 569. The normalized spacial score (nSPS) is 11.9. The molecule has 0 aliphatic carbocycles. The number of carbonyl (C=O) groups excluding carboxylic acids is 1. The maximum absolute atomic E-state index is 12.0. The summed E-state index contributed by atoms with van der Waals surface area (Å²) in [6, 6.07) is 11.7. The molecule has 1 unspecified atom stereocenters. The first-order chi connectivity index (χ1) is 10.2. The molecule has 0 spiro atoms. The number of para-hydroxylation sites is 2. The highest BCUT2D eigenvalue weighted by atomic mass is 32.1. The van der Waals surface area contributed by atoms with Gasteiger partial charge in [-0.25, -0.2) is 0 Å². The monoisotopic (exact) mass is 304 g/mol. The quantitative estimate of drug-likeness (QED) is 0.824. The second-order valence-electron chi connectivity index (χ2n) is 4.60. The summed E-state index contributed by atoms with van der Waals surface area (Å²) in [6.45, 7) is 4.80. The molecule has 0 fully saturated rings. The predicted octanol–water partition coefficient (Wildman–Crippen LogP) is 3.44. The molecule has 0 saturated carbocycles. The Morgan fingerprint density at radius 2 is 2.10 bits per heavy atom. The Morgan fingerprint density at radius 1 is 1.29 bits per heavy atom. The van der Waals surface area contributed by atoms with Crippen molar-refractivity contribution < 1.29 is 9.53 Å². The molecule has 2 rings (SSSR count). The zero-order chi connectivity index (χ0) is 15.1. The van der Waals surface area contributed by atoms with Crippen molar-refractivity contribution in [1.82, 2.24) is 5.32 Å². The van der Waals surface area contributed by atoms with Crippen LogP contribution in [0.1, 0.15) is 24.8 Å². The van der Waals surface area contributed by atoms with E-state index in [2.05, 4.69) is 16.7 Å². The van der Waals surface area contributed by atoms with E-state index >= 15 is 0 Å². The molecule has 1 amide bonds. The third kappa shape index (κ3) is 4.58. The number of thiophene rings is 1. The van der Waals surface area contributed by atoms with Crippen molar-refractivity contribution in [2.45, 2.75) is 19.9 Å². The molecule has 1 aromatic carbocycles. The summed E-state index contributed by atoms with van der Waals surface area (Å²) in [5, 5.41) is 8.12. The highest BCUT2D eigenvalue weighted by Gasteiger charge is 2.10. The van der Waals surface area contributed by atoms with Crippen molar-refractivity contribution in [3.8, 4) is 5.75 Å². The van der Waals surface area contributed by atoms with Gasteiger partial charge in [0, 0.05) is 10.9 Å². The molecule has 0 bridgehead atoms. The number of ether oxygens (including phenoxy) is 1. The van der Waals surface area contributed by atoms with Crippen LogP contribution in [0.5, 0.6) is 5.75 Å². The summed E-state index contributed by atoms with van der Waals surface area (Å²) in [5.41, 5.74) is 0.704. The van der Waals surface area contributed by atoms with E-state index in [1.807, 2.05) is 49.6 Å². The number of benzene rings is 1. The van der Waals surface area contributed by atoms with E-state index in [1.165, 1.54) is 4.88 Å². The van der Waals surface area contributed by atoms with Crippen LogP contribution in [-0.4, -0.2) is 19.1 Å². The van der Waals surface area contributed by atoms with Gasteiger partial charge in [0.15, 0.2) is 0 Å². The summed E-state index contributed by atoms with van der Waals surface area (Å²) in [6.07, 6.45) is 0. The standard InChI is InChI=1S/C16H20N2O2S/c1-3-20-14-8-5-4-7-13(14)18-16(19)11-17-12(2)15-9-6-10-21-15/h4-10,12,17H,3,11H2,1-2H3,(H,18,19). The Balaban J connectivity index is 1.87. The van der Waals surface area contributed by atoms with Crippen LogP contribution in [0.25, 0.3) is 0 Å². The average molecular weight is 304 g/mol. The first kappa shape index (κ1) is 15.5. The lowest BCUT2D eigenvalue weighted by atomic mass is 10.2. The SMILES string of the molecule is CCOc1ccccc1NC(=O)CNC(C)c1cccs1. The molecule has 112 valence electrons. The molecule has 0 aliphatic heterocycles.